The molecular weight excluding hydrogens is 271 g/mol. The van der Waals surface area contributed by atoms with E-state index in [1.807, 2.05) is 0 Å². The Hall–Kier alpha value is -2.50. The molecule has 0 aromatic heterocycles. The topological polar surface area (TPSA) is 49.3 Å². The number of anilines is 1. The highest BCUT2D eigenvalue weighted by Gasteiger charge is 2.22. The molecule has 20 heavy (non-hydrogen) atoms. The molecule has 0 aliphatic carbocycles. The van der Waals surface area contributed by atoms with Gasteiger partial charge in [-0.25, -0.2) is 18.0 Å². The van der Waals surface area contributed by atoms with Crippen LogP contribution in [0.4, 0.5) is 18.9 Å². The monoisotopic (exact) mass is 281 g/mol. The van der Waals surface area contributed by atoms with Crippen LogP contribution in [0.5, 0.6) is 0 Å². The predicted octanol–water partition coefficient (Wildman–Crippen LogP) is 3.34. The molecule has 0 fully saturated rings. The summed E-state index contributed by atoms with van der Waals surface area (Å²) >= 11 is 0. The highest BCUT2D eigenvalue weighted by atomic mass is 19.2. The molecule has 3 nitrogen and oxygen atoms in total. The van der Waals surface area contributed by atoms with Crippen LogP contribution < -0.4 is 5.32 Å². The fraction of sp³-hybridized carbons (Fsp3) is 0.0714. The summed E-state index contributed by atoms with van der Waals surface area (Å²) < 4.78 is 39.5. The first-order valence-electron chi connectivity index (χ1n) is 5.68. The van der Waals surface area contributed by atoms with Crippen molar-refractivity contribution in [3.8, 4) is 0 Å². The minimum Gasteiger partial charge on any atom is -0.479 e. The van der Waals surface area contributed by atoms with Crippen LogP contribution >= 0.6 is 0 Å². The fourth-order valence-corrected chi connectivity index (χ4v) is 1.71. The van der Waals surface area contributed by atoms with Gasteiger partial charge in [-0.1, -0.05) is 18.2 Å². The molecular formula is C14H10F3NO2. The summed E-state index contributed by atoms with van der Waals surface area (Å²) in [6, 6.07) is 6.82. The highest BCUT2D eigenvalue weighted by Crippen LogP contribution is 2.23. The van der Waals surface area contributed by atoms with Gasteiger partial charge in [0.1, 0.15) is 5.82 Å². The SMILES string of the molecule is O=C(O)C(Nc1ccccc1F)c1ccc(F)c(F)c1. The first-order chi connectivity index (χ1) is 9.49. The number of para-hydroxylation sites is 1. The molecule has 2 N–H and O–H groups in total. The van der Waals surface area contributed by atoms with Crippen LogP contribution in [0.25, 0.3) is 0 Å². The zero-order chi connectivity index (χ0) is 14.7. The lowest BCUT2D eigenvalue weighted by Crippen LogP contribution is -2.21. The number of nitrogens with one attached hydrogen (secondary N) is 1. The second kappa shape index (κ2) is 5.64. The Bertz CT molecular complexity index is 646. The molecule has 0 saturated carbocycles. The molecule has 1 atom stereocenters. The van der Waals surface area contributed by atoms with E-state index in [1.165, 1.54) is 18.2 Å². The molecule has 0 amide bonds. The highest BCUT2D eigenvalue weighted by molar-refractivity contribution is 5.79. The van der Waals surface area contributed by atoms with Gasteiger partial charge < -0.3 is 10.4 Å². The van der Waals surface area contributed by atoms with E-state index in [2.05, 4.69) is 5.32 Å². The van der Waals surface area contributed by atoms with Crippen LogP contribution in [0.1, 0.15) is 11.6 Å². The second-order valence-electron chi connectivity index (χ2n) is 4.07. The van der Waals surface area contributed by atoms with E-state index in [0.717, 1.165) is 24.3 Å². The number of aliphatic carboxylic acids is 1. The summed E-state index contributed by atoms with van der Waals surface area (Å²) in [5, 5.41) is 11.6. The molecule has 6 heteroatoms. The molecule has 0 spiro atoms. The Morgan fingerprint density at radius 3 is 2.30 bits per heavy atom. The Morgan fingerprint density at radius 1 is 1.00 bits per heavy atom. The molecule has 2 aromatic carbocycles. The van der Waals surface area contributed by atoms with Gasteiger partial charge in [0.25, 0.3) is 0 Å². The Balaban J connectivity index is 2.34. The molecule has 0 aliphatic rings. The standard InChI is InChI=1S/C14H10F3NO2/c15-9-6-5-8(7-11(9)17)13(14(19)20)18-12-4-2-1-3-10(12)16/h1-7,13,18H,(H,19,20). The van der Waals surface area contributed by atoms with Gasteiger partial charge in [-0.05, 0) is 29.8 Å². The summed E-state index contributed by atoms with van der Waals surface area (Å²) in [5.74, 6) is -4.21. The first-order valence-corrected chi connectivity index (χ1v) is 5.68. The van der Waals surface area contributed by atoms with E-state index in [9.17, 15) is 18.0 Å². The quantitative estimate of drug-likeness (QED) is 0.903. The van der Waals surface area contributed by atoms with Crippen LogP contribution in [0.15, 0.2) is 42.5 Å². The number of benzene rings is 2. The van der Waals surface area contributed by atoms with Crippen molar-refractivity contribution in [3.05, 3.63) is 65.5 Å². The molecule has 104 valence electrons. The lowest BCUT2D eigenvalue weighted by molar-refractivity contribution is -0.138. The molecule has 1 unspecified atom stereocenters. The average Bonchev–Trinajstić information content (AvgIpc) is 2.41. The van der Waals surface area contributed by atoms with Crippen molar-refractivity contribution in [2.24, 2.45) is 0 Å². The van der Waals surface area contributed by atoms with Crippen LogP contribution in [0.3, 0.4) is 0 Å². The maximum atomic E-state index is 13.5. The Labute approximate surface area is 112 Å². The van der Waals surface area contributed by atoms with Gasteiger partial charge in [0.05, 0.1) is 5.69 Å². The predicted molar refractivity (Wildman–Crippen MR) is 66.8 cm³/mol. The van der Waals surface area contributed by atoms with Crippen LogP contribution in [0, 0.1) is 17.5 Å². The van der Waals surface area contributed by atoms with E-state index >= 15 is 0 Å². The average molecular weight is 281 g/mol. The maximum absolute atomic E-state index is 13.5. The minimum absolute atomic E-state index is 0.0142. The van der Waals surface area contributed by atoms with E-state index < -0.39 is 29.5 Å². The van der Waals surface area contributed by atoms with Gasteiger partial charge in [-0.2, -0.15) is 0 Å². The lowest BCUT2D eigenvalue weighted by Gasteiger charge is -2.16. The number of hydrogen-bond acceptors (Lipinski definition) is 2. The third-order valence-electron chi connectivity index (χ3n) is 2.70. The molecule has 0 radical (unpaired) electrons. The number of carboxylic acids is 1. The van der Waals surface area contributed by atoms with E-state index in [4.69, 9.17) is 5.11 Å². The van der Waals surface area contributed by atoms with Crippen LogP contribution in [0.2, 0.25) is 0 Å². The van der Waals surface area contributed by atoms with Gasteiger partial charge in [0.2, 0.25) is 0 Å². The summed E-state index contributed by atoms with van der Waals surface area (Å²) in [4.78, 5) is 11.2. The summed E-state index contributed by atoms with van der Waals surface area (Å²) in [6.07, 6.45) is 0. The number of halogens is 3. The second-order valence-corrected chi connectivity index (χ2v) is 4.07. The zero-order valence-electron chi connectivity index (χ0n) is 10.1. The van der Waals surface area contributed by atoms with E-state index in [-0.39, 0.29) is 11.3 Å². The van der Waals surface area contributed by atoms with Gasteiger partial charge in [0, 0.05) is 0 Å². The Kier molecular flexibility index (Phi) is 3.93. The van der Waals surface area contributed by atoms with Gasteiger partial charge in [0.15, 0.2) is 17.7 Å². The molecule has 0 saturated heterocycles. The number of carbonyl (C=O) groups is 1. The summed E-state index contributed by atoms with van der Waals surface area (Å²) in [5.41, 5.74) is -0.0516. The molecule has 0 bridgehead atoms. The number of rotatable bonds is 4. The number of carboxylic acid groups (broad SMARTS) is 1. The van der Waals surface area contributed by atoms with Crippen molar-refractivity contribution < 1.29 is 23.1 Å². The van der Waals surface area contributed by atoms with E-state index in [1.54, 1.807) is 0 Å². The van der Waals surface area contributed by atoms with Crippen molar-refractivity contribution in [1.29, 1.82) is 0 Å². The lowest BCUT2D eigenvalue weighted by atomic mass is 10.1. The van der Waals surface area contributed by atoms with Crippen molar-refractivity contribution in [1.82, 2.24) is 0 Å². The van der Waals surface area contributed by atoms with Crippen molar-refractivity contribution in [2.45, 2.75) is 6.04 Å². The molecule has 0 heterocycles. The third-order valence-corrected chi connectivity index (χ3v) is 2.70. The fourth-order valence-electron chi connectivity index (χ4n) is 1.71. The Morgan fingerprint density at radius 2 is 1.70 bits per heavy atom. The van der Waals surface area contributed by atoms with Crippen molar-refractivity contribution in [2.75, 3.05) is 5.32 Å². The van der Waals surface area contributed by atoms with Gasteiger partial charge in [-0.15, -0.1) is 0 Å². The van der Waals surface area contributed by atoms with Crippen molar-refractivity contribution >= 4 is 11.7 Å². The normalized spacial score (nSPS) is 11.9. The third kappa shape index (κ3) is 2.90. The summed E-state index contributed by atoms with van der Waals surface area (Å²) in [7, 11) is 0. The molecule has 2 rings (SSSR count). The molecule has 2 aromatic rings. The largest absolute Gasteiger partial charge is 0.479 e. The minimum atomic E-state index is -1.39. The number of hydrogen-bond donors (Lipinski definition) is 2. The van der Waals surface area contributed by atoms with Gasteiger partial charge >= 0.3 is 5.97 Å². The first kappa shape index (κ1) is 13.9. The van der Waals surface area contributed by atoms with Crippen LogP contribution in [-0.2, 0) is 4.79 Å². The van der Waals surface area contributed by atoms with Crippen LogP contribution in [-0.4, -0.2) is 11.1 Å². The zero-order valence-corrected chi connectivity index (χ0v) is 10.1. The van der Waals surface area contributed by atoms with E-state index in [0.29, 0.717) is 0 Å². The summed E-state index contributed by atoms with van der Waals surface area (Å²) in [6.45, 7) is 0. The smallest absolute Gasteiger partial charge is 0.330 e. The van der Waals surface area contributed by atoms with Crippen molar-refractivity contribution in [3.63, 3.8) is 0 Å². The maximum Gasteiger partial charge on any atom is 0.330 e. The molecule has 0 aliphatic heterocycles. The van der Waals surface area contributed by atoms with Gasteiger partial charge in [-0.3, -0.25) is 0 Å².